The molecular weight excluding hydrogens is 341 g/mol. The molecular formula is C19H19F3N4. The number of hydrogen-bond acceptors (Lipinski definition) is 3. The number of anilines is 1. The second kappa shape index (κ2) is 6.64. The first-order valence-corrected chi connectivity index (χ1v) is 8.55. The van der Waals surface area contributed by atoms with Crippen LogP contribution in [0.3, 0.4) is 0 Å². The van der Waals surface area contributed by atoms with E-state index >= 15 is 0 Å². The highest BCUT2D eigenvalue weighted by Crippen LogP contribution is 2.30. The van der Waals surface area contributed by atoms with Gasteiger partial charge in [0.15, 0.2) is 0 Å². The monoisotopic (exact) mass is 360 g/mol. The average Bonchev–Trinajstić information content (AvgIpc) is 3.23. The Balaban J connectivity index is 1.38. The van der Waals surface area contributed by atoms with Gasteiger partial charge < -0.3 is 5.32 Å². The van der Waals surface area contributed by atoms with Crippen LogP contribution in [0.2, 0.25) is 0 Å². The number of likely N-dealkylation sites (tertiary alicyclic amines) is 1. The number of aromatic amines is 1. The van der Waals surface area contributed by atoms with Crippen LogP contribution in [0.1, 0.15) is 17.5 Å². The summed E-state index contributed by atoms with van der Waals surface area (Å²) in [6.45, 7) is 2.19. The lowest BCUT2D eigenvalue weighted by molar-refractivity contribution is -0.137. The van der Waals surface area contributed by atoms with Crippen LogP contribution < -0.4 is 5.32 Å². The maximum absolute atomic E-state index is 12.8. The molecule has 7 heteroatoms. The summed E-state index contributed by atoms with van der Waals surface area (Å²) in [7, 11) is 0. The molecule has 1 atom stereocenters. The standard InChI is InChI=1S/C19H19F3N4/c20-19(21,22)15-3-1-2-13(8-15)11-26-7-6-17(12-26)24-16-5-4-14-10-23-25-18(14)9-16/h1-5,8-10,17,24H,6-7,11-12H2,(H,23,25). The molecule has 2 aromatic carbocycles. The fourth-order valence-corrected chi connectivity index (χ4v) is 3.46. The van der Waals surface area contributed by atoms with Crippen LogP contribution in [0.4, 0.5) is 18.9 Å². The number of alkyl halides is 3. The molecule has 0 radical (unpaired) electrons. The first-order valence-electron chi connectivity index (χ1n) is 8.55. The molecule has 2 heterocycles. The maximum Gasteiger partial charge on any atom is 0.416 e. The third-order valence-corrected chi connectivity index (χ3v) is 4.75. The van der Waals surface area contributed by atoms with Crippen molar-refractivity contribution in [2.24, 2.45) is 0 Å². The highest BCUT2D eigenvalue weighted by Gasteiger charge is 2.30. The summed E-state index contributed by atoms with van der Waals surface area (Å²) in [5.74, 6) is 0. The lowest BCUT2D eigenvalue weighted by Gasteiger charge is -2.18. The van der Waals surface area contributed by atoms with Gasteiger partial charge in [0.05, 0.1) is 17.3 Å². The van der Waals surface area contributed by atoms with E-state index in [0.29, 0.717) is 12.1 Å². The number of nitrogens with one attached hydrogen (secondary N) is 2. The van der Waals surface area contributed by atoms with E-state index in [2.05, 4.69) is 20.4 Å². The van der Waals surface area contributed by atoms with Gasteiger partial charge >= 0.3 is 6.18 Å². The highest BCUT2D eigenvalue weighted by molar-refractivity contribution is 5.81. The Morgan fingerprint density at radius 3 is 2.92 bits per heavy atom. The van der Waals surface area contributed by atoms with Gasteiger partial charge in [-0.15, -0.1) is 0 Å². The van der Waals surface area contributed by atoms with Crippen molar-refractivity contribution in [1.29, 1.82) is 0 Å². The third-order valence-electron chi connectivity index (χ3n) is 4.75. The predicted molar refractivity (Wildman–Crippen MR) is 94.8 cm³/mol. The van der Waals surface area contributed by atoms with Gasteiger partial charge in [-0.25, -0.2) is 0 Å². The number of halogens is 3. The van der Waals surface area contributed by atoms with Crippen LogP contribution in [0.5, 0.6) is 0 Å². The Hall–Kier alpha value is -2.54. The van der Waals surface area contributed by atoms with Crippen LogP contribution in [0, 0.1) is 0 Å². The van der Waals surface area contributed by atoms with E-state index in [1.165, 1.54) is 12.1 Å². The van der Waals surface area contributed by atoms with Gasteiger partial charge in [-0.2, -0.15) is 18.3 Å². The molecule has 136 valence electrons. The normalized spacial score (nSPS) is 18.5. The minimum Gasteiger partial charge on any atom is -0.381 e. The van der Waals surface area contributed by atoms with Crippen LogP contribution in [0.25, 0.3) is 10.9 Å². The van der Waals surface area contributed by atoms with E-state index < -0.39 is 11.7 Å². The fraction of sp³-hybridized carbons (Fsp3) is 0.316. The summed E-state index contributed by atoms with van der Waals surface area (Å²) >= 11 is 0. The zero-order valence-corrected chi connectivity index (χ0v) is 14.1. The Morgan fingerprint density at radius 1 is 1.19 bits per heavy atom. The summed E-state index contributed by atoms with van der Waals surface area (Å²) in [5.41, 5.74) is 2.11. The van der Waals surface area contributed by atoms with Crippen LogP contribution in [-0.4, -0.2) is 34.2 Å². The van der Waals surface area contributed by atoms with E-state index in [-0.39, 0.29) is 6.04 Å². The number of hydrogen-bond donors (Lipinski definition) is 2. The van der Waals surface area contributed by atoms with Gasteiger partial charge in [0.2, 0.25) is 0 Å². The van der Waals surface area contributed by atoms with Crippen molar-refractivity contribution < 1.29 is 13.2 Å². The molecule has 4 rings (SSSR count). The van der Waals surface area contributed by atoms with Crippen molar-refractivity contribution in [3.05, 3.63) is 59.8 Å². The van der Waals surface area contributed by atoms with Crippen molar-refractivity contribution in [1.82, 2.24) is 15.1 Å². The van der Waals surface area contributed by atoms with Crippen molar-refractivity contribution in [2.45, 2.75) is 25.2 Å². The second-order valence-corrected chi connectivity index (χ2v) is 6.74. The zero-order valence-electron chi connectivity index (χ0n) is 14.1. The van der Waals surface area contributed by atoms with E-state index in [1.54, 1.807) is 12.3 Å². The molecule has 0 aliphatic carbocycles. The number of benzene rings is 2. The SMILES string of the molecule is FC(F)(F)c1cccc(CN2CCC(Nc3ccc4cn[nH]c4c3)C2)c1. The molecule has 3 aromatic rings. The van der Waals surface area contributed by atoms with E-state index in [9.17, 15) is 13.2 Å². The van der Waals surface area contributed by atoms with Gasteiger partial charge in [-0.1, -0.05) is 18.2 Å². The van der Waals surface area contributed by atoms with Gasteiger partial charge in [-0.05, 0) is 36.2 Å². The Morgan fingerprint density at radius 2 is 2.08 bits per heavy atom. The topological polar surface area (TPSA) is 44.0 Å². The molecule has 2 N–H and O–H groups in total. The molecule has 1 unspecified atom stereocenters. The maximum atomic E-state index is 12.8. The quantitative estimate of drug-likeness (QED) is 0.730. The lowest BCUT2D eigenvalue weighted by atomic mass is 10.1. The number of rotatable bonds is 4. The molecule has 26 heavy (non-hydrogen) atoms. The molecule has 0 amide bonds. The van der Waals surface area contributed by atoms with Crippen LogP contribution in [0.15, 0.2) is 48.7 Å². The lowest BCUT2D eigenvalue weighted by Crippen LogP contribution is -2.26. The fourth-order valence-electron chi connectivity index (χ4n) is 3.46. The third kappa shape index (κ3) is 3.67. The van der Waals surface area contributed by atoms with E-state index in [0.717, 1.165) is 42.2 Å². The molecule has 1 aliphatic heterocycles. The van der Waals surface area contributed by atoms with Gasteiger partial charge in [0.25, 0.3) is 0 Å². The summed E-state index contributed by atoms with van der Waals surface area (Å²) in [4.78, 5) is 2.18. The predicted octanol–water partition coefficient (Wildman–Crippen LogP) is 4.27. The summed E-state index contributed by atoms with van der Waals surface area (Å²) in [6.07, 6.45) is -1.55. The van der Waals surface area contributed by atoms with Crippen LogP contribution >= 0.6 is 0 Å². The smallest absolute Gasteiger partial charge is 0.381 e. The number of nitrogens with zero attached hydrogens (tertiary/aromatic N) is 2. The van der Waals surface area contributed by atoms with Crippen molar-refractivity contribution in [3.63, 3.8) is 0 Å². The minimum absolute atomic E-state index is 0.279. The minimum atomic E-state index is -4.30. The summed E-state index contributed by atoms with van der Waals surface area (Å²) in [6, 6.07) is 11.9. The molecule has 0 saturated carbocycles. The van der Waals surface area contributed by atoms with Crippen molar-refractivity contribution >= 4 is 16.6 Å². The summed E-state index contributed by atoms with van der Waals surface area (Å²) in [5, 5.41) is 11.5. The molecule has 1 saturated heterocycles. The summed E-state index contributed by atoms with van der Waals surface area (Å²) < 4.78 is 38.5. The number of fused-ring (bicyclic) bond motifs is 1. The number of aromatic nitrogens is 2. The molecule has 0 bridgehead atoms. The molecule has 1 aliphatic rings. The van der Waals surface area contributed by atoms with E-state index in [4.69, 9.17) is 0 Å². The second-order valence-electron chi connectivity index (χ2n) is 6.74. The van der Waals surface area contributed by atoms with Gasteiger partial charge in [0.1, 0.15) is 0 Å². The van der Waals surface area contributed by atoms with Crippen molar-refractivity contribution in [2.75, 3.05) is 18.4 Å². The molecule has 1 aromatic heterocycles. The van der Waals surface area contributed by atoms with Crippen molar-refractivity contribution in [3.8, 4) is 0 Å². The van der Waals surface area contributed by atoms with Crippen LogP contribution in [-0.2, 0) is 12.7 Å². The largest absolute Gasteiger partial charge is 0.416 e. The molecule has 0 spiro atoms. The first-order chi connectivity index (χ1) is 12.5. The van der Waals surface area contributed by atoms with Gasteiger partial charge in [-0.3, -0.25) is 10.00 Å². The molecule has 4 nitrogen and oxygen atoms in total. The Kier molecular flexibility index (Phi) is 4.32. The molecule has 1 fully saturated rings. The number of H-pyrrole nitrogens is 1. The Labute approximate surface area is 149 Å². The Bertz CT molecular complexity index is 903. The van der Waals surface area contributed by atoms with E-state index in [1.807, 2.05) is 18.2 Å². The van der Waals surface area contributed by atoms with Gasteiger partial charge in [0, 0.05) is 36.7 Å². The zero-order chi connectivity index (χ0) is 18.1. The first kappa shape index (κ1) is 16.9. The highest BCUT2D eigenvalue weighted by atomic mass is 19.4. The average molecular weight is 360 g/mol.